The minimum atomic E-state index is 0.0564. The number of anilines is 1. The number of nitrogens with zero attached hydrogens (tertiary/aromatic N) is 2. The van der Waals surface area contributed by atoms with E-state index >= 15 is 0 Å². The van der Waals surface area contributed by atoms with E-state index in [9.17, 15) is 4.79 Å². The number of nitrogens with one attached hydrogen (secondary N) is 1. The lowest BCUT2D eigenvalue weighted by atomic mass is 10.1. The smallest absolute Gasteiger partial charge is 0.260 e. The lowest BCUT2D eigenvalue weighted by Gasteiger charge is -2.07. The first-order valence-electron chi connectivity index (χ1n) is 8.02. The fraction of sp³-hybridized carbons (Fsp3) is 0.211. The van der Waals surface area contributed by atoms with E-state index < -0.39 is 0 Å². The van der Waals surface area contributed by atoms with Crippen molar-refractivity contribution in [3.63, 3.8) is 0 Å². The molecule has 1 aromatic heterocycles. The third-order valence-electron chi connectivity index (χ3n) is 4.07. The van der Waals surface area contributed by atoms with Crippen LogP contribution in [0.5, 0.6) is 0 Å². The Balaban J connectivity index is 1.66. The second-order valence-corrected chi connectivity index (χ2v) is 6.10. The predicted molar refractivity (Wildman–Crippen MR) is 91.3 cm³/mol. The summed E-state index contributed by atoms with van der Waals surface area (Å²) in [6.45, 7) is 2.02. The molecule has 1 fully saturated rings. The monoisotopic (exact) mass is 319 g/mol. The Morgan fingerprint density at radius 1 is 1.17 bits per heavy atom. The molecule has 0 atom stereocenters. The van der Waals surface area contributed by atoms with Gasteiger partial charge in [-0.05, 0) is 38.0 Å². The molecule has 0 spiro atoms. The van der Waals surface area contributed by atoms with Gasteiger partial charge in [0.25, 0.3) is 5.89 Å². The maximum atomic E-state index is 12.0. The van der Waals surface area contributed by atoms with Crippen LogP contribution in [0.15, 0.2) is 53.1 Å². The Kier molecular flexibility index (Phi) is 3.61. The van der Waals surface area contributed by atoms with E-state index in [1.165, 1.54) is 0 Å². The van der Waals surface area contributed by atoms with Gasteiger partial charge in [0, 0.05) is 11.5 Å². The van der Waals surface area contributed by atoms with Gasteiger partial charge in [-0.15, -0.1) is 0 Å². The summed E-state index contributed by atoms with van der Waals surface area (Å²) in [6, 6.07) is 15.4. The van der Waals surface area contributed by atoms with Gasteiger partial charge in [0.15, 0.2) is 0 Å². The first-order valence-corrected chi connectivity index (χ1v) is 8.02. The van der Waals surface area contributed by atoms with Crippen LogP contribution in [0, 0.1) is 12.8 Å². The molecule has 4 rings (SSSR count). The zero-order valence-electron chi connectivity index (χ0n) is 13.3. The number of para-hydroxylation sites is 1. The SMILES string of the molecule is Cc1cccc(-c2noc(-c3ccccc3NC(=O)C3CC3)n2)c1. The minimum absolute atomic E-state index is 0.0564. The maximum absolute atomic E-state index is 12.0. The molecule has 0 unspecified atom stereocenters. The summed E-state index contributed by atoms with van der Waals surface area (Å²) < 4.78 is 5.43. The molecule has 2 aromatic carbocycles. The number of carbonyl (C=O) groups is 1. The molecule has 1 heterocycles. The standard InChI is InChI=1S/C19H17N3O2/c1-12-5-4-6-14(11-12)17-21-19(24-22-17)15-7-2-3-8-16(15)20-18(23)13-9-10-13/h2-8,11,13H,9-10H2,1H3,(H,20,23). The van der Waals surface area contributed by atoms with Crippen LogP contribution < -0.4 is 5.32 Å². The quantitative estimate of drug-likeness (QED) is 0.787. The number of amides is 1. The highest BCUT2D eigenvalue weighted by Gasteiger charge is 2.30. The summed E-state index contributed by atoms with van der Waals surface area (Å²) in [5.74, 6) is 1.14. The van der Waals surface area contributed by atoms with E-state index in [-0.39, 0.29) is 11.8 Å². The topological polar surface area (TPSA) is 68.0 Å². The van der Waals surface area contributed by atoms with Gasteiger partial charge in [-0.1, -0.05) is 41.1 Å². The fourth-order valence-corrected chi connectivity index (χ4v) is 2.59. The van der Waals surface area contributed by atoms with Crippen LogP contribution in [-0.2, 0) is 4.79 Å². The van der Waals surface area contributed by atoms with Crippen LogP contribution in [0.2, 0.25) is 0 Å². The second-order valence-electron chi connectivity index (χ2n) is 6.10. The number of carbonyl (C=O) groups excluding carboxylic acids is 1. The van der Waals surface area contributed by atoms with Gasteiger partial charge in [0.1, 0.15) is 0 Å². The second kappa shape index (κ2) is 5.92. The third-order valence-corrected chi connectivity index (χ3v) is 4.07. The molecular formula is C19H17N3O2. The molecule has 1 N–H and O–H groups in total. The van der Waals surface area contributed by atoms with Crippen molar-refractivity contribution in [2.75, 3.05) is 5.32 Å². The van der Waals surface area contributed by atoms with E-state index in [0.29, 0.717) is 17.4 Å². The highest BCUT2D eigenvalue weighted by molar-refractivity contribution is 5.97. The van der Waals surface area contributed by atoms with Gasteiger partial charge in [-0.3, -0.25) is 4.79 Å². The molecular weight excluding hydrogens is 302 g/mol. The Labute approximate surface area is 139 Å². The molecule has 0 radical (unpaired) electrons. The van der Waals surface area contributed by atoms with Gasteiger partial charge in [-0.2, -0.15) is 4.98 Å². The fourth-order valence-electron chi connectivity index (χ4n) is 2.59. The molecule has 0 saturated heterocycles. The van der Waals surface area contributed by atoms with Gasteiger partial charge >= 0.3 is 0 Å². The van der Waals surface area contributed by atoms with Crippen molar-refractivity contribution in [1.82, 2.24) is 10.1 Å². The third kappa shape index (κ3) is 2.93. The van der Waals surface area contributed by atoms with Gasteiger partial charge in [-0.25, -0.2) is 0 Å². The number of aromatic nitrogens is 2. The minimum Gasteiger partial charge on any atom is -0.334 e. The van der Waals surface area contributed by atoms with Crippen LogP contribution in [0.25, 0.3) is 22.8 Å². The molecule has 24 heavy (non-hydrogen) atoms. The Morgan fingerprint density at radius 3 is 2.79 bits per heavy atom. The molecule has 0 aliphatic heterocycles. The highest BCUT2D eigenvalue weighted by Crippen LogP contribution is 2.33. The average Bonchev–Trinajstić information content (AvgIpc) is 3.33. The van der Waals surface area contributed by atoms with Crippen LogP contribution >= 0.6 is 0 Å². The van der Waals surface area contributed by atoms with Crippen LogP contribution in [0.4, 0.5) is 5.69 Å². The molecule has 5 nitrogen and oxygen atoms in total. The summed E-state index contributed by atoms with van der Waals surface area (Å²) >= 11 is 0. The van der Waals surface area contributed by atoms with E-state index in [2.05, 4.69) is 15.5 Å². The summed E-state index contributed by atoms with van der Waals surface area (Å²) in [5, 5.41) is 7.04. The van der Waals surface area contributed by atoms with Crippen LogP contribution in [0.3, 0.4) is 0 Å². The Morgan fingerprint density at radius 2 is 2.00 bits per heavy atom. The van der Waals surface area contributed by atoms with E-state index in [4.69, 9.17) is 4.52 Å². The molecule has 0 bridgehead atoms. The van der Waals surface area contributed by atoms with Gasteiger partial charge < -0.3 is 9.84 Å². The average molecular weight is 319 g/mol. The summed E-state index contributed by atoms with van der Waals surface area (Å²) in [4.78, 5) is 16.5. The van der Waals surface area contributed by atoms with Crippen molar-refractivity contribution in [3.05, 3.63) is 54.1 Å². The summed E-state index contributed by atoms with van der Waals surface area (Å²) in [5.41, 5.74) is 3.48. The van der Waals surface area contributed by atoms with Crippen molar-refractivity contribution in [1.29, 1.82) is 0 Å². The number of hydrogen-bond acceptors (Lipinski definition) is 4. The first-order chi connectivity index (χ1) is 11.7. The normalized spacial score (nSPS) is 13.7. The van der Waals surface area contributed by atoms with Crippen LogP contribution in [0.1, 0.15) is 18.4 Å². The van der Waals surface area contributed by atoms with E-state index in [0.717, 1.165) is 29.5 Å². The van der Waals surface area contributed by atoms with Crippen molar-refractivity contribution >= 4 is 11.6 Å². The Hall–Kier alpha value is -2.95. The van der Waals surface area contributed by atoms with Crippen molar-refractivity contribution in [2.45, 2.75) is 19.8 Å². The van der Waals surface area contributed by atoms with Gasteiger partial charge in [0.05, 0.1) is 11.3 Å². The first kappa shape index (κ1) is 14.6. The highest BCUT2D eigenvalue weighted by atomic mass is 16.5. The zero-order valence-corrected chi connectivity index (χ0v) is 13.3. The maximum Gasteiger partial charge on any atom is 0.260 e. The number of hydrogen-bond donors (Lipinski definition) is 1. The van der Waals surface area contributed by atoms with Gasteiger partial charge in [0.2, 0.25) is 11.7 Å². The van der Waals surface area contributed by atoms with Crippen molar-refractivity contribution < 1.29 is 9.32 Å². The predicted octanol–water partition coefficient (Wildman–Crippen LogP) is 4.06. The van der Waals surface area contributed by atoms with Crippen molar-refractivity contribution in [3.8, 4) is 22.8 Å². The lowest BCUT2D eigenvalue weighted by Crippen LogP contribution is -2.13. The Bertz CT molecular complexity index is 897. The molecule has 1 aliphatic carbocycles. The largest absolute Gasteiger partial charge is 0.334 e. The zero-order chi connectivity index (χ0) is 16.5. The summed E-state index contributed by atoms with van der Waals surface area (Å²) in [6.07, 6.45) is 1.93. The van der Waals surface area contributed by atoms with Crippen molar-refractivity contribution in [2.24, 2.45) is 5.92 Å². The number of rotatable bonds is 4. The summed E-state index contributed by atoms with van der Waals surface area (Å²) in [7, 11) is 0. The molecule has 120 valence electrons. The number of aryl methyl sites for hydroxylation is 1. The van der Waals surface area contributed by atoms with Crippen LogP contribution in [-0.4, -0.2) is 16.0 Å². The molecule has 1 amide bonds. The number of benzene rings is 2. The van der Waals surface area contributed by atoms with E-state index in [1.807, 2.05) is 55.5 Å². The molecule has 1 saturated carbocycles. The molecule has 1 aliphatic rings. The molecule has 3 aromatic rings. The van der Waals surface area contributed by atoms with E-state index in [1.54, 1.807) is 0 Å². The molecule has 5 heteroatoms. The lowest BCUT2D eigenvalue weighted by molar-refractivity contribution is -0.117.